The highest BCUT2D eigenvalue weighted by atomic mass is 16.2. The van der Waals surface area contributed by atoms with E-state index in [0.29, 0.717) is 25.8 Å². The molecule has 1 fully saturated rings. The molecule has 1 unspecified atom stereocenters. The summed E-state index contributed by atoms with van der Waals surface area (Å²) in [7, 11) is 0. The standard InChI is InChI=1S/C20H23N3O2/c24-19(9-8-16-10-12-21-13-11-16)22-18-7-4-14-23(20(18)25)15-17-5-2-1-3-6-17/h1-3,5-6,10-13,18H,4,7-9,14-15H2,(H,22,24). The summed E-state index contributed by atoms with van der Waals surface area (Å²) in [6.45, 7) is 1.35. The third-order valence-electron chi connectivity index (χ3n) is 4.47. The Hall–Kier alpha value is -2.69. The molecule has 1 saturated heterocycles. The number of aromatic nitrogens is 1. The number of nitrogens with one attached hydrogen (secondary N) is 1. The molecular formula is C20H23N3O2. The van der Waals surface area contributed by atoms with Gasteiger partial charge < -0.3 is 10.2 Å². The third-order valence-corrected chi connectivity index (χ3v) is 4.47. The predicted molar refractivity (Wildman–Crippen MR) is 95.6 cm³/mol. The van der Waals surface area contributed by atoms with Crippen LogP contribution in [0.15, 0.2) is 54.9 Å². The van der Waals surface area contributed by atoms with E-state index in [1.807, 2.05) is 47.4 Å². The first-order valence-electron chi connectivity index (χ1n) is 8.73. The highest BCUT2D eigenvalue weighted by Gasteiger charge is 2.29. The fraction of sp³-hybridized carbons (Fsp3) is 0.350. The van der Waals surface area contributed by atoms with Crippen molar-refractivity contribution in [3.8, 4) is 0 Å². The molecule has 25 heavy (non-hydrogen) atoms. The van der Waals surface area contributed by atoms with Gasteiger partial charge in [0.1, 0.15) is 6.04 Å². The Morgan fingerprint density at radius 1 is 1.12 bits per heavy atom. The fourth-order valence-corrected chi connectivity index (χ4v) is 3.11. The summed E-state index contributed by atoms with van der Waals surface area (Å²) in [5.74, 6) is -0.0518. The minimum absolute atomic E-state index is 0.0207. The molecule has 2 aromatic rings. The second-order valence-electron chi connectivity index (χ2n) is 6.36. The van der Waals surface area contributed by atoms with Crippen molar-refractivity contribution in [1.29, 1.82) is 0 Å². The molecule has 2 heterocycles. The molecule has 0 radical (unpaired) electrons. The summed E-state index contributed by atoms with van der Waals surface area (Å²) in [4.78, 5) is 30.6. The summed E-state index contributed by atoms with van der Waals surface area (Å²) >= 11 is 0. The van der Waals surface area contributed by atoms with Crippen LogP contribution in [-0.2, 0) is 22.6 Å². The van der Waals surface area contributed by atoms with Gasteiger partial charge in [-0.1, -0.05) is 30.3 Å². The lowest BCUT2D eigenvalue weighted by Crippen LogP contribution is -2.51. The van der Waals surface area contributed by atoms with Gasteiger partial charge >= 0.3 is 0 Å². The minimum Gasteiger partial charge on any atom is -0.344 e. The van der Waals surface area contributed by atoms with E-state index in [9.17, 15) is 9.59 Å². The first kappa shape index (κ1) is 17.1. The molecule has 3 rings (SSSR count). The molecule has 1 aliphatic heterocycles. The molecule has 1 aromatic carbocycles. The first-order chi connectivity index (χ1) is 12.2. The Morgan fingerprint density at radius 3 is 2.64 bits per heavy atom. The van der Waals surface area contributed by atoms with Crippen molar-refractivity contribution >= 4 is 11.8 Å². The van der Waals surface area contributed by atoms with Crippen LogP contribution >= 0.6 is 0 Å². The lowest BCUT2D eigenvalue weighted by molar-refractivity contribution is -0.139. The van der Waals surface area contributed by atoms with Gasteiger partial charge in [0.25, 0.3) is 0 Å². The number of rotatable bonds is 6. The van der Waals surface area contributed by atoms with Gasteiger partial charge in [-0.2, -0.15) is 0 Å². The van der Waals surface area contributed by atoms with Crippen LogP contribution in [0.2, 0.25) is 0 Å². The number of pyridine rings is 1. The zero-order valence-corrected chi connectivity index (χ0v) is 14.2. The number of carbonyl (C=O) groups is 2. The Kier molecular flexibility index (Phi) is 5.77. The van der Waals surface area contributed by atoms with Crippen LogP contribution in [0, 0.1) is 0 Å². The lowest BCUT2D eigenvalue weighted by Gasteiger charge is -2.32. The maximum Gasteiger partial charge on any atom is 0.245 e. The van der Waals surface area contributed by atoms with Gasteiger partial charge in [-0.25, -0.2) is 0 Å². The molecule has 0 aliphatic carbocycles. The van der Waals surface area contributed by atoms with Gasteiger partial charge in [-0.3, -0.25) is 14.6 Å². The molecular weight excluding hydrogens is 314 g/mol. The van der Waals surface area contributed by atoms with Crippen molar-refractivity contribution in [2.24, 2.45) is 0 Å². The zero-order valence-electron chi connectivity index (χ0n) is 14.2. The van der Waals surface area contributed by atoms with Crippen molar-refractivity contribution in [3.05, 3.63) is 66.0 Å². The first-order valence-corrected chi connectivity index (χ1v) is 8.73. The number of nitrogens with zero attached hydrogens (tertiary/aromatic N) is 2. The number of hydrogen-bond donors (Lipinski definition) is 1. The fourth-order valence-electron chi connectivity index (χ4n) is 3.11. The number of carbonyl (C=O) groups excluding carboxylic acids is 2. The van der Waals surface area contributed by atoms with Gasteiger partial charge in [0.2, 0.25) is 11.8 Å². The second kappa shape index (κ2) is 8.42. The molecule has 1 aliphatic rings. The SMILES string of the molecule is O=C(CCc1ccncc1)NC1CCCN(Cc2ccccc2)C1=O. The monoisotopic (exact) mass is 337 g/mol. The smallest absolute Gasteiger partial charge is 0.245 e. The van der Waals surface area contributed by atoms with E-state index in [1.54, 1.807) is 12.4 Å². The van der Waals surface area contributed by atoms with Crippen LogP contribution in [0.5, 0.6) is 0 Å². The van der Waals surface area contributed by atoms with E-state index in [2.05, 4.69) is 10.3 Å². The molecule has 0 bridgehead atoms. The second-order valence-corrected chi connectivity index (χ2v) is 6.36. The Morgan fingerprint density at radius 2 is 1.88 bits per heavy atom. The third kappa shape index (κ3) is 4.89. The zero-order chi connectivity index (χ0) is 17.5. The number of piperidine rings is 1. The van der Waals surface area contributed by atoms with E-state index in [0.717, 1.165) is 24.1 Å². The molecule has 1 N–H and O–H groups in total. The summed E-state index contributed by atoms with van der Waals surface area (Å²) in [5.41, 5.74) is 2.19. The van der Waals surface area contributed by atoms with E-state index in [-0.39, 0.29) is 11.8 Å². The average molecular weight is 337 g/mol. The van der Waals surface area contributed by atoms with Crippen molar-refractivity contribution in [2.75, 3.05) is 6.54 Å². The van der Waals surface area contributed by atoms with Gasteiger partial charge in [0.05, 0.1) is 0 Å². The normalized spacial score (nSPS) is 17.4. The van der Waals surface area contributed by atoms with E-state index >= 15 is 0 Å². The number of benzene rings is 1. The number of amides is 2. The highest BCUT2D eigenvalue weighted by Crippen LogP contribution is 2.15. The molecule has 0 saturated carbocycles. The topological polar surface area (TPSA) is 62.3 Å². The highest BCUT2D eigenvalue weighted by molar-refractivity contribution is 5.88. The molecule has 0 spiro atoms. The van der Waals surface area contributed by atoms with Crippen LogP contribution < -0.4 is 5.32 Å². The van der Waals surface area contributed by atoms with Gasteiger partial charge in [0.15, 0.2) is 0 Å². The maximum atomic E-state index is 12.6. The van der Waals surface area contributed by atoms with Crippen molar-refractivity contribution in [3.63, 3.8) is 0 Å². The Bertz CT molecular complexity index is 703. The van der Waals surface area contributed by atoms with Gasteiger partial charge in [-0.15, -0.1) is 0 Å². The summed E-state index contributed by atoms with van der Waals surface area (Å²) in [6, 6.07) is 13.4. The van der Waals surface area contributed by atoms with Crippen LogP contribution in [-0.4, -0.2) is 34.3 Å². The van der Waals surface area contributed by atoms with Crippen LogP contribution in [0.4, 0.5) is 0 Å². The van der Waals surface area contributed by atoms with Crippen molar-refractivity contribution < 1.29 is 9.59 Å². The van der Waals surface area contributed by atoms with Gasteiger partial charge in [0, 0.05) is 31.9 Å². The predicted octanol–water partition coefficient (Wildman–Crippen LogP) is 2.32. The summed E-state index contributed by atoms with van der Waals surface area (Å²) in [6.07, 6.45) is 6.10. The van der Waals surface area contributed by atoms with Crippen LogP contribution in [0.25, 0.3) is 0 Å². The molecule has 5 heteroatoms. The van der Waals surface area contributed by atoms with Crippen molar-refractivity contribution in [2.45, 2.75) is 38.3 Å². The largest absolute Gasteiger partial charge is 0.344 e. The number of hydrogen-bond acceptors (Lipinski definition) is 3. The summed E-state index contributed by atoms with van der Waals surface area (Å²) in [5, 5.41) is 2.91. The minimum atomic E-state index is -0.401. The number of aryl methyl sites for hydroxylation is 1. The Labute approximate surface area is 148 Å². The summed E-state index contributed by atoms with van der Waals surface area (Å²) < 4.78 is 0. The van der Waals surface area contributed by atoms with E-state index in [1.165, 1.54) is 0 Å². The quantitative estimate of drug-likeness (QED) is 0.880. The van der Waals surface area contributed by atoms with Crippen LogP contribution in [0.1, 0.15) is 30.4 Å². The van der Waals surface area contributed by atoms with E-state index in [4.69, 9.17) is 0 Å². The van der Waals surface area contributed by atoms with Crippen molar-refractivity contribution in [1.82, 2.24) is 15.2 Å². The lowest BCUT2D eigenvalue weighted by atomic mass is 10.0. The molecule has 2 amide bonds. The van der Waals surface area contributed by atoms with E-state index < -0.39 is 6.04 Å². The molecule has 130 valence electrons. The average Bonchev–Trinajstić information content (AvgIpc) is 2.65. The Balaban J connectivity index is 1.51. The number of likely N-dealkylation sites (tertiary alicyclic amines) is 1. The molecule has 1 atom stereocenters. The molecule has 5 nitrogen and oxygen atoms in total. The molecule has 1 aromatic heterocycles. The maximum absolute atomic E-state index is 12.6. The van der Waals surface area contributed by atoms with Gasteiger partial charge in [-0.05, 0) is 42.5 Å². The van der Waals surface area contributed by atoms with Crippen LogP contribution in [0.3, 0.4) is 0 Å².